The Morgan fingerprint density at radius 2 is 1.71 bits per heavy atom. The Morgan fingerprint density at radius 3 is 2.12 bits per heavy atom. The van der Waals surface area contributed by atoms with Crippen LogP contribution in [0.5, 0.6) is 0 Å². The maximum Gasteiger partial charge on any atom is 0.410 e. The third-order valence-corrected chi connectivity index (χ3v) is 3.13. The van der Waals surface area contributed by atoms with Gasteiger partial charge in [-0.25, -0.2) is 4.79 Å². The van der Waals surface area contributed by atoms with E-state index in [0.29, 0.717) is 6.04 Å². The molecule has 1 fully saturated rings. The zero-order chi connectivity index (χ0) is 13.1. The van der Waals surface area contributed by atoms with Crippen LogP contribution in [-0.2, 0) is 4.74 Å². The normalized spacial score (nSPS) is 18.2. The molecule has 17 heavy (non-hydrogen) atoms. The lowest BCUT2D eigenvalue weighted by molar-refractivity contribution is 0.00416. The van der Waals surface area contributed by atoms with Crippen molar-refractivity contribution in [2.75, 3.05) is 0 Å². The highest BCUT2D eigenvalue weighted by atomic mass is 16.6. The molecule has 1 amide bonds. The van der Waals surface area contributed by atoms with Crippen LogP contribution in [0.15, 0.2) is 0 Å². The van der Waals surface area contributed by atoms with E-state index in [1.807, 2.05) is 25.7 Å². The fourth-order valence-electron chi connectivity index (χ4n) is 2.46. The van der Waals surface area contributed by atoms with Crippen LogP contribution in [0.1, 0.15) is 66.7 Å². The van der Waals surface area contributed by atoms with Gasteiger partial charge >= 0.3 is 6.09 Å². The van der Waals surface area contributed by atoms with E-state index >= 15 is 0 Å². The summed E-state index contributed by atoms with van der Waals surface area (Å²) >= 11 is 0. The van der Waals surface area contributed by atoms with Crippen LogP contribution in [0.2, 0.25) is 0 Å². The highest BCUT2D eigenvalue weighted by molar-refractivity contribution is 5.69. The molecule has 1 rings (SSSR count). The molecule has 1 aliphatic carbocycles. The largest absolute Gasteiger partial charge is 0.444 e. The standard InChI is InChI=1S/C14H27NO2/c1-11(2)15(12-9-7-6-8-10-12)13(16)17-14(3,4)5/h11-12H,6-10H2,1-5H3. The number of nitrogens with zero attached hydrogens (tertiary/aromatic N) is 1. The summed E-state index contributed by atoms with van der Waals surface area (Å²) in [6.45, 7) is 9.90. The number of carbonyl (C=O) groups excluding carboxylic acids is 1. The first-order valence-corrected chi connectivity index (χ1v) is 6.82. The minimum absolute atomic E-state index is 0.153. The summed E-state index contributed by atoms with van der Waals surface area (Å²) in [5.41, 5.74) is -0.404. The smallest absolute Gasteiger partial charge is 0.410 e. The Hall–Kier alpha value is -0.730. The third kappa shape index (κ3) is 4.57. The quantitative estimate of drug-likeness (QED) is 0.732. The van der Waals surface area contributed by atoms with Gasteiger partial charge in [-0.1, -0.05) is 19.3 Å². The predicted octanol–water partition coefficient (Wildman–Crippen LogP) is 3.96. The summed E-state index contributed by atoms with van der Waals surface area (Å²) in [5.74, 6) is 0. The Labute approximate surface area is 106 Å². The SMILES string of the molecule is CC(C)N(C(=O)OC(C)(C)C)C1CCCCC1. The van der Waals surface area contributed by atoms with Gasteiger partial charge in [-0.15, -0.1) is 0 Å². The second kappa shape index (κ2) is 5.74. The van der Waals surface area contributed by atoms with Gasteiger partial charge in [0.15, 0.2) is 0 Å². The highest BCUT2D eigenvalue weighted by Gasteiger charge is 2.30. The van der Waals surface area contributed by atoms with Crippen molar-refractivity contribution in [3.05, 3.63) is 0 Å². The first kappa shape index (κ1) is 14.3. The van der Waals surface area contributed by atoms with E-state index in [4.69, 9.17) is 4.74 Å². The lowest BCUT2D eigenvalue weighted by Gasteiger charge is -2.38. The molecule has 0 saturated heterocycles. The molecule has 0 atom stereocenters. The zero-order valence-corrected chi connectivity index (χ0v) is 12.0. The number of amides is 1. The van der Waals surface area contributed by atoms with Crippen LogP contribution >= 0.6 is 0 Å². The minimum Gasteiger partial charge on any atom is -0.444 e. The van der Waals surface area contributed by atoms with Gasteiger partial charge in [0.2, 0.25) is 0 Å². The van der Waals surface area contributed by atoms with E-state index in [2.05, 4.69) is 13.8 Å². The molecule has 0 spiro atoms. The van der Waals surface area contributed by atoms with Gasteiger partial charge in [0, 0.05) is 12.1 Å². The molecule has 0 aliphatic heterocycles. The molecule has 3 nitrogen and oxygen atoms in total. The van der Waals surface area contributed by atoms with Gasteiger partial charge in [-0.2, -0.15) is 0 Å². The van der Waals surface area contributed by atoms with Crippen molar-refractivity contribution in [2.24, 2.45) is 0 Å². The van der Waals surface area contributed by atoms with Crippen LogP contribution in [-0.4, -0.2) is 28.7 Å². The number of ether oxygens (including phenoxy) is 1. The molecule has 1 aliphatic rings. The molecular weight excluding hydrogens is 214 g/mol. The molecule has 0 N–H and O–H groups in total. The van der Waals surface area contributed by atoms with Crippen LogP contribution in [0.25, 0.3) is 0 Å². The topological polar surface area (TPSA) is 29.5 Å². The van der Waals surface area contributed by atoms with E-state index < -0.39 is 5.60 Å². The van der Waals surface area contributed by atoms with E-state index in [9.17, 15) is 4.79 Å². The number of hydrogen-bond donors (Lipinski definition) is 0. The summed E-state index contributed by atoms with van der Waals surface area (Å²) in [4.78, 5) is 14.1. The Balaban J connectivity index is 2.67. The van der Waals surface area contributed by atoms with Gasteiger partial charge in [-0.3, -0.25) is 0 Å². The van der Waals surface area contributed by atoms with Crippen molar-refractivity contribution < 1.29 is 9.53 Å². The average Bonchev–Trinajstić information content (AvgIpc) is 2.15. The fourth-order valence-corrected chi connectivity index (χ4v) is 2.46. The van der Waals surface area contributed by atoms with Crippen molar-refractivity contribution >= 4 is 6.09 Å². The maximum atomic E-state index is 12.2. The summed E-state index contributed by atoms with van der Waals surface area (Å²) < 4.78 is 5.50. The van der Waals surface area contributed by atoms with Crippen LogP contribution in [0.4, 0.5) is 4.79 Å². The maximum absolute atomic E-state index is 12.2. The summed E-state index contributed by atoms with van der Waals surface area (Å²) in [6, 6.07) is 0.589. The highest BCUT2D eigenvalue weighted by Crippen LogP contribution is 2.25. The zero-order valence-electron chi connectivity index (χ0n) is 12.0. The fraction of sp³-hybridized carbons (Fsp3) is 0.929. The molecular formula is C14H27NO2. The van der Waals surface area contributed by atoms with Crippen LogP contribution < -0.4 is 0 Å². The Morgan fingerprint density at radius 1 is 1.18 bits per heavy atom. The molecule has 0 aromatic rings. The van der Waals surface area contributed by atoms with E-state index in [1.165, 1.54) is 19.3 Å². The second-order valence-corrected chi connectivity index (χ2v) is 6.27. The summed E-state index contributed by atoms with van der Waals surface area (Å²) in [7, 11) is 0. The van der Waals surface area contributed by atoms with Crippen LogP contribution in [0.3, 0.4) is 0 Å². The number of hydrogen-bond acceptors (Lipinski definition) is 2. The molecule has 0 aromatic carbocycles. The first-order valence-electron chi connectivity index (χ1n) is 6.82. The lowest BCUT2D eigenvalue weighted by Crippen LogP contribution is -2.47. The second-order valence-electron chi connectivity index (χ2n) is 6.27. The Bertz CT molecular complexity index is 249. The third-order valence-electron chi connectivity index (χ3n) is 3.13. The van der Waals surface area contributed by atoms with E-state index in [0.717, 1.165) is 12.8 Å². The molecule has 0 heterocycles. The predicted molar refractivity (Wildman–Crippen MR) is 70.1 cm³/mol. The van der Waals surface area contributed by atoms with Gasteiger partial charge in [-0.05, 0) is 47.5 Å². The van der Waals surface area contributed by atoms with Crippen molar-refractivity contribution in [3.8, 4) is 0 Å². The van der Waals surface area contributed by atoms with Gasteiger partial charge in [0.25, 0.3) is 0 Å². The molecule has 3 heteroatoms. The van der Waals surface area contributed by atoms with E-state index in [-0.39, 0.29) is 12.1 Å². The molecule has 0 bridgehead atoms. The average molecular weight is 241 g/mol. The minimum atomic E-state index is -0.404. The summed E-state index contributed by atoms with van der Waals surface area (Å²) in [6.07, 6.45) is 5.86. The molecule has 0 radical (unpaired) electrons. The molecule has 0 unspecified atom stereocenters. The molecule has 100 valence electrons. The Kier molecular flexibility index (Phi) is 4.84. The molecule has 1 saturated carbocycles. The van der Waals surface area contributed by atoms with Crippen molar-refractivity contribution in [1.29, 1.82) is 0 Å². The lowest BCUT2D eigenvalue weighted by atomic mass is 9.93. The van der Waals surface area contributed by atoms with Crippen LogP contribution in [0, 0.1) is 0 Å². The van der Waals surface area contributed by atoms with Crippen molar-refractivity contribution in [2.45, 2.75) is 84.4 Å². The van der Waals surface area contributed by atoms with Crippen molar-refractivity contribution in [3.63, 3.8) is 0 Å². The monoisotopic (exact) mass is 241 g/mol. The number of rotatable bonds is 2. The van der Waals surface area contributed by atoms with Gasteiger partial charge in [0.05, 0.1) is 0 Å². The number of carbonyl (C=O) groups is 1. The molecule has 0 aromatic heterocycles. The van der Waals surface area contributed by atoms with Gasteiger partial charge < -0.3 is 9.64 Å². The van der Waals surface area contributed by atoms with E-state index in [1.54, 1.807) is 0 Å². The van der Waals surface area contributed by atoms with Gasteiger partial charge in [0.1, 0.15) is 5.60 Å². The summed E-state index contributed by atoms with van der Waals surface area (Å²) in [5, 5.41) is 0. The first-order chi connectivity index (χ1) is 7.81. The van der Waals surface area contributed by atoms with Crippen molar-refractivity contribution in [1.82, 2.24) is 4.90 Å².